The fourth-order valence-electron chi connectivity index (χ4n) is 1.52. The summed E-state index contributed by atoms with van der Waals surface area (Å²) in [6.45, 7) is 3.80. The van der Waals surface area contributed by atoms with Crippen molar-refractivity contribution in [2.24, 2.45) is 0 Å². The van der Waals surface area contributed by atoms with Crippen LogP contribution in [0.2, 0.25) is 0 Å². The molecule has 1 aromatic carbocycles. The minimum absolute atomic E-state index is 0.259. The third kappa shape index (κ3) is 2.74. The van der Waals surface area contributed by atoms with Crippen LogP contribution in [0.3, 0.4) is 0 Å². The molecule has 2 aromatic rings. The van der Waals surface area contributed by atoms with Gasteiger partial charge in [-0.3, -0.25) is 0 Å². The zero-order chi connectivity index (χ0) is 13.1. The fourth-order valence-corrected chi connectivity index (χ4v) is 1.52. The molecule has 18 heavy (non-hydrogen) atoms. The second-order valence-corrected chi connectivity index (χ2v) is 3.90. The van der Waals surface area contributed by atoms with Crippen molar-refractivity contribution < 1.29 is 9.13 Å². The Balaban J connectivity index is 2.33. The molecule has 0 unspecified atom stereocenters. The third-order valence-corrected chi connectivity index (χ3v) is 2.38. The molecule has 2 rings (SSSR count). The van der Waals surface area contributed by atoms with Crippen LogP contribution < -0.4 is 10.5 Å². The Morgan fingerprint density at radius 2 is 2.06 bits per heavy atom. The number of nitrogen functional groups attached to an aromatic ring is 1. The van der Waals surface area contributed by atoms with Crippen LogP contribution >= 0.6 is 0 Å². The maximum absolute atomic E-state index is 13.1. The van der Waals surface area contributed by atoms with Gasteiger partial charge in [-0.05, 0) is 19.1 Å². The second-order valence-electron chi connectivity index (χ2n) is 3.90. The van der Waals surface area contributed by atoms with E-state index in [1.807, 2.05) is 13.8 Å². The number of benzene rings is 1. The van der Waals surface area contributed by atoms with Crippen molar-refractivity contribution in [2.75, 3.05) is 5.73 Å². The van der Waals surface area contributed by atoms with E-state index in [0.717, 1.165) is 5.69 Å². The molecule has 0 fully saturated rings. The van der Waals surface area contributed by atoms with Crippen molar-refractivity contribution in [1.29, 1.82) is 0 Å². The fraction of sp³-hybridized carbons (Fsp3) is 0.231. The van der Waals surface area contributed by atoms with Crippen LogP contribution in [0.1, 0.15) is 18.4 Å². The normalized spacial score (nSPS) is 10.4. The van der Waals surface area contributed by atoms with Gasteiger partial charge in [0.05, 0.1) is 5.69 Å². The van der Waals surface area contributed by atoms with Gasteiger partial charge in [0, 0.05) is 24.2 Å². The Morgan fingerprint density at radius 1 is 1.28 bits per heavy atom. The molecule has 1 heterocycles. The highest BCUT2D eigenvalue weighted by Crippen LogP contribution is 2.27. The summed E-state index contributed by atoms with van der Waals surface area (Å²) in [6, 6.07) is 5.66. The molecule has 0 aliphatic carbocycles. The van der Waals surface area contributed by atoms with Crippen LogP contribution in [0.25, 0.3) is 0 Å². The Bertz CT molecular complexity index is 572. The lowest BCUT2D eigenvalue weighted by molar-refractivity contribution is 0.455. The molecule has 0 atom stereocenters. The third-order valence-electron chi connectivity index (χ3n) is 2.38. The number of aryl methyl sites for hydroxylation is 2. The van der Waals surface area contributed by atoms with Crippen LogP contribution in [0, 0.1) is 12.7 Å². The first-order valence-corrected chi connectivity index (χ1v) is 5.66. The number of halogens is 1. The summed E-state index contributed by atoms with van der Waals surface area (Å²) in [6.07, 6.45) is 0.705. The largest absolute Gasteiger partial charge is 0.437 e. The van der Waals surface area contributed by atoms with Crippen LogP contribution in [0.5, 0.6) is 11.6 Å². The Labute approximate surface area is 105 Å². The van der Waals surface area contributed by atoms with E-state index in [1.165, 1.54) is 18.2 Å². The summed E-state index contributed by atoms with van der Waals surface area (Å²) in [5.41, 5.74) is 6.88. The van der Waals surface area contributed by atoms with E-state index in [1.54, 1.807) is 6.07 Å². The highest BCUT2D eigenvalue weighted by molar-refractivity contribution is 5.53. The number of rotatable bonds is 3. The average molecular weight is 247 g/mol. The number of anilines is 1. The number of hydrogen-bond acceptors (Lipinski definition) is 4. The van der Waals surface area contributed by atoms with E-state index in [-0.39, 0.29) is 5.75 Å². The van der Waals surface area contributed by atoms with Crippen LogP contribution in [0.4, 0.5) is 10.1 Å². The topological polar surface area (TPSA) is 61.0 Å². The molecule has 4 nitrogen and oxygen atoms in total. The number of hydrogen-bond donors (Lipinski definition) is 1. The van der Waals surface area contributed by atoms with Gasteiger partial charge in [-0.25, -0.2) is 9.37 Å². The van der Waals surface area contributed by atoms with Gasteiger partial charge >= 0.3 is 0 Å². The number of aromatic nitrogens is 2. The van der Waals surface area contributed by atoms with E-state index < -0.39 is 5.82 Å². The highest BCUT2D eigenvalue weighted by atomic mass is 19.1. The van der Waals surface area contributed by atoms with Crippen molar-refractivity contribution in [2.45, 2.75) is 20.3 Å². The van der Waals surface area contributed by atoms with Crippen molar-refractivity contribution in [3.05, 3.63) is 41.6 Å². The molecule has 0 spiro atoms. The summed E-state index contributed by atoms with van der Waals surface area (Å²) < 4.78 is 18.6. The number of nitrogens with zero attached hydrogens (tertiary/aromatic N) is 2. The molecule has 0 amide bonds. The van der Waals surface area contributed by atoms with Crippen LogP contribution in [-0.4, -0.2) is 9.97 Å². The van der Waals surface area contributed by atoms with Crippen LogP contribution in [-0.2, 0) is 6.42 Å². The predicted octanol–water partition coefficient (Wildman–Crippen LogP) is 2.86. The van der Waals surface area contributed by atoms with E-state index >= 15 is 0 Å². The quantitative estimate of drug-likeness (QED) is 0.847. The highest BCUT2D eigenvalue weighted by Gasteiger charge is 2.07. The zero-order valence-corrected chi connectivity index (χ0v) is 10.3. The zero-order valence-electron chi connectivity index (χ0n) is 10.3. The Morgan fingerprint density at radius 3 is 2.78 bits per heavy atom. The first-order valence-electron chi connectivity index (χ1n) is 5.66. The summed E-state index contributed by atoms with van der Waals surface area (Å²) in [5.74, 6) is 0.910. The van der Waals surface area contributed by atoms with Crippen molar-refractivity contribution in [3.63, 3.8) is 0 Å². The van der Waals surface area contributed by atoms with Gasteiger partial charge in [0.25, 0.3) is 0 Å². The van der Waals surface area contributed by atoms with E-state index in [0.29, 0.717) is 23.8 Å². The lowest BCUT2D eigenvalue weighted by atomic mass is 10.3. The molecule has 94 valence electrons. The molecular weight excluding hydrogens is 233 g/mol. The number of nitrogens with two attached hydrogens (primary N) is 1. The maximum atomic E-state index is 13.1. The number of ether oxygens (including phenoxy) is 1. The smallest absolute Gasteiger partial charge is 0.222 e. The lowest BCUT2D eigenvalue weighted by Crippen LogP contribution is -1.99. The minimum Gasteiger partial charge on any atom is -0.437 e. The first-order chi connectivity index (χ1) is 8.58. The van der Waals surface area contributed by atoms with Crippen molar-refractivity contribution in [3.8, 4) is 11.6 Å². The van der Waals surface area contributed by atoms with Gasteiger partial charge in [0.15, 0.2) is 5.75 Å². The molecule has 0 aliphatic heterocycles. The van der Waals surface area contributed by atoms with E-state index in [9.17, 15) is 4.39 Å². The van der Waals surface area contributed by atoms with Gasteiger partial charge in [-0.2, -0.15) is 4.98 Å². The SMILES string of the molecule is CCc1nc(C)cc(Oc2cc(F)ccc2N)n1. The molecule has 0 radical (unpaired) electrons. The van der Waals surface area contributed by atoms with Gasteiger partial charge in [-0.1, -0.05) is 6.92 Å². The van der Waals surface area contributed by atoms with Crippen molar-refractivity contribution >= 4 is 5.69 Å². The average Bonchev–Trinajstić information content (AvgIpc) is 2.33. The van der Waals surface area contributed by atoms with Crippen molar-refractivity contribution in [1.82, 2.24) is 9.97 Å². The molecule has 2 N–H and O–H groups in total. The minimum atomic E-state index is -0.402. The molecule has 0 saturated heterocycles. The summed E-state index contributed by atoms with van der Waals surface area (Å²) >= 11 is 0. The van der Waals surface area contributed by atoms with E-state index in [4.69, 9.17) is 10.5 Å². The lowest BCUT2D eigenvalue weighted by Gasteiger charge is -2.09. The maximum Gasteiger partial charge on any atom is 0.222 e. The monoisotopic (exact) mass is 247 g/mol. The van der Waals surface area contributed by atoms with Gasteiger partial charge in [0.2, 0.25) is 5.88 Å². The van der Waals surface area contributed by atoms with Gasteiger partial charge in [0.1, 0.15) is 11.6 Å². The summed E-state index contributed by atoms with van der Waals surface area (Å²) in [4.78, 5) is 8.44. The summed E-state index contributed by atoms with van der Waals surface area (Å²) in [7, 11) is 0. The summed E-state index contributed by atoms with van der Waals surface area (Å²) in [5, 5.41) is 0. The molecule has 0 bridgehead atoms. The van der Waals surface area contributed by atoms with E-state index in [2.05, 4.69) is 9.97 Å². The standard InChI is InChI=1S/C13H14FN3O/c1-3-12-16-8(2)6-13(17-12)18-11-7-9(14)4-5-10(11)15/h4-7H,3,15H2,1-2H3. The molecular formula is C13H14FN3O. The molecule has 1 aromatic heterocycles. The molecule has 0 aliphatic rings. The molecule has 0 saturated carbocycles. The Kier molecular flexibility index (Phi) is 3.41. The Hall–Kier alpha value is -2.17. The van der Waals surface area contributed by atoms with Gasteiger partial charge < -0.3 is 10.5 Å². The second kappa shape index (κ2) is 5.00. The van der Waals surface area contributed by atoms with Gasteiger partial charge in [-0.15, -0.1) is 0 Å². The van der Waals surface area contributed by atoms with Crippen LogP contribution in [0.15, 0.2) is 24.3 Å². The predicted molar refractivity (Wildman–Crippen MR) is 67.0 cm³/mol. The molecule has 5 heteroatoms. The first kappa shape index (κ1) is 12.3.